The van der Waals surface area contributed by atoms with Crippen LogP contribution in [-0.4, -0.2) is 27.8 Å². The monoisotopic (exact) mass is 326 g/mol. The van der Waals surface area contributed by atoms with E-state index in [9.17, 15) is 4.79 Å². The average molecular weight is 327 g/mol. The van der Waals surface area contributed by atoms with Crippen molar-refractivity contribution in [1.29, 1.82) is 0 Å². The van der Waals surface area contributed by atoms with E-state index in [1.807, 2.05) is 14.0 Å². The highest BCUT2D eigenvalue weighted by molar-refractivity contribution is 9.10. The Hall–Kier alpha value is -1.47. The molecule has 1 atom stereocenters. The van der Waals surface area contributed by atoms with Crippen molar-refractivity contribution < 1.29 is 4.52 Å². The molecule has 2 heterocycles. The van der Waals surface area contributed by atoms with Gasteiger partial charge in [-0.3, -0.25) is 4.79 Å². The van der Waals surface area contributed by atoms with Crippen LogP contribution in [0.2, 0.25) is 0 Å². The highest BCUT2D eigenvalue weighted by atomic mass is 79.9. The fourth-order valence-corrected chi connectivity index (χ4v) is 1.96. The fourth-order valence-electron chi connectivity index (χ4n) is 1.58. The molecule has 2 aromatic rings. The van der Waals surface area contributed by atoms with Gasteiger partial charge in [-0.2, -0.15) is 4.98 Å². The highest BCUT2D eigenvalue weighted by Crippen LogP contribution is 2.07. The van der Waals surface area contributed by atoms with Crippen molar-refractivity contribution in [2.75, 3.05) is 7.05 Å². The molecule has 2 rings (SSSR count). The maximum atomic E-state index is 11.6. The first-order valence-electron chi connectivity index (χ1n) is 5.93. The van der Waals surface area contributed by atoms with E-state index < -0.39 is 0 Å². The van der Waals surface area contributed by atoms with Crippen molar-refractivity contribution in [2.45, 2.75) is 25.9 Å². The fraction of sp³-hybridized carbons (Fsp3) is 0.417. The molecule has 102 valence electrons. The summed E-state index contributed by atoms with van der Waals surface area (Å²) < 4.78 is 7.49. The third-order valence-corrected chi connectivity index (χ3v) is 3.21. The van der Waals surface area contributed by atoms with Crippen LogP contribution in [0.5, 0.6) is 0 Å². The summed E-state index contributed by atoms with van der Waals surface area (Å²) in [5.74, 6) is 1.07. The minimum atomic E-state index is -0.105. The molecule has 19 heavy (non-hydrogen) atoms. The molecular weight excluding hydrogens is 312 g/mol. The number of hydrogen-bond donors (Lipinski definition) is 1. The van der Waals surface area contributed by atoms with Crippen LogP contribution in [0.4, 0.5) is 0 Å². The van der Waals surface area contributed by atoms with Gasteiger partial charge in [0, 0.05) is 29.2 Å². The first kappa shape index (κ1) is 14.0. The van der Waals surface area contributed by atoms with E-state index in [0.29, 0.717) is 18.1 Å². The molecule has 1 unspecified atom stereocenters. The van der Waals surface area contributed by atoms with E-state index in [1.165, 1.54) is 10.6 Å². The second kappa shape index (κ2) is 6.12. The maximum Gasteiger partial charge on any atom is 0.251 e. The summed E-state index contributed by atoms with van der Waals surface area (Å²) in [4.78, 5) is 15.9. The van der Waals surface area contributed by atoms with Gasteiger partial charge >= 0.3 is 0 Å². The summed E-state index contributed by atoms with van der Waals surface area (Å²) in [5.41, 5.74) is -0.105. The summed E-state index contributed by atoms with van der Waals surface area (Å²) >= 11 is 3.32. The summed E-state index contributed by atoms with van der Waals surface area (Å²) in [6, 6.07) is 3.47. The molecule has 2 aromatic heterocycles. The first-order valence-corrected chi connectivity index (χ1v) is 6.72. The lowest BCUT2D eigenvalue weighted by atomic mass is 10.2. The van der Waals surface area contributed by atoms with Crippen LogP contribution in [-0.2, 0) is 13.0 Å². The van der Waals surface area contributed by atoms with Gasteiger partial charge in [-0.25, -0.2) is 0 Å². The minimum absolute atomic E-state index is 0.105. The lowest BCUT2D eigenvalue weighted by molar-refractivity contribution is 0.363. The number of nitrogens with one attached hydrogen (secondary N) is 1. The van der Waals surface area contributed by atoms with E-state index in [2.05, 4.69) is 31.4 Å². The number of pyridine rings is 1. The quantitative estimate of drug-likeness (QED) is 0.893. The van der Waals surface area contributed by atoms with Crippen LogP contribution in [0.1, 0.15) is 18.6 Å². The van der Waals surface area contributed by atoms with Crippen LogP contribution in [0.3, 0.4) is 0 Å². The van der Waals surface area contributed by atoms with Gasteiger partial charge in [0.25, 0.3) is 5.56 Å². The molecule has 0 aliphatic heterocycles. The van der Waals surface area contributed by atoms with E-state index in [-0.39, 0.29) is 18.1 Å². The van der Waals surface area contributed by atoms with Gasteiger partial charge in [-0.1, -0.05) is 5.16 Å². The molecule has 0 bridgehead atoms. The molecule has 0 saturated carbocycles. The van der Waals surface area contributed by atoms with E-state index in [0.717, 1.165) is 4.47 Å². The number of likely N-dealkylation sites (N-methyl/N-ethyl adjacent to an activating group) is 1. The molecule has 0 aliphatic carbocycles. The van der Waals surface area contributed by atoms with Gasteiger partial charge in [0.2, 0.25) is 5.89 Å². The predicted molar refractivity (Wildman–Crippen MR) is 74.0 cm³/mol. The van der Waals surface area contributed by atoms with Gasteiger partial charge in [0.1, 0.15) is 6.54 Å². The molecule has 1 N–H and O–H groups in total. The Morgan fingerprint density at radius 1 is 1.53 bits per heavy atom. The molecule has 0 spiro atoms. The SMILES string of the molecule is CNC(C)Cc1noc(Cn2cc(Br)ccc2=O)n1. The van der Waals surface area contributed by atoms with Crippen molar-refractivity contribution in [3.05, 3.63) is 44.9 Å². The molecule has 0 aromatic carbocycles. The molecule has 0 aliphatic rings. The molecular formula is C12H15BrN4O2. The zero-order chi connectivity index (χ0) is 13.8. The number of hydrogen-bond acceptors (Lipinski definition) is 5. The summed E-state index contributed by atoms with van der Waals surface area (Å²) in [6.07, 6.45) is 2.38. The average Bonchev–Trinajstić information content (AvgIpc) is 2.81. The Morgan fingerprint density at radius 3 is 3.05 bits per heavy atom. The molecule has 0 amide bonds. The Labute approximate surface area is 119 Å². The van der Waals surface area contributed by atoms with Crippen molar-refractivity contribution in [3.8, 4) is 0 Å². The number of aromatic nitrogens is 3. The summed E-state index contributed by atoms with van der Waals surface area (Å²) in [7, 11) is 1.88. The van der Waals surface area contributed by atoms with Gasteiger partial charge in [-0.05, 0) is 36.0 Å². The normalized spacial score (nSPS) is 12.6. The topological polar surface area (TPSA) is 73.0 Å². The van der Waals surface area contributed by atoms with Crippen LogP contribution < -0.4 is 10.9 Å². The van der Waals surface area contributed by atoms with Crippen LogP contribution in [0, 0.1) is 0 Å². The standard InChI is InChI=1S/C12H15BrN4O2/c1-8(14-2)5-10-15-11(19-16-10)7-17-6-9(13)3-4-12(17)18/h3-4,6,8,14H,5,7H2,1-2H3. The van der Waals surface area contributed by atoms with Crippen molar-refractivity contribution in [3.63, 3.8) is 0 Å². The Bertz CT molecular complexity index is 608. The van der Waals surface area contributed by atoms with E-state index >= 15 is 0 Å². The largest absolute Gasteiger partial charge is 0.337 e. The predicted octanol–water partition coefficient (Wildman–Crippen LogP) is 1.19. The Balaban J connectivity index is 2.11. The lowest BCUT2D eigenvalue weighted by Gasteiger charge is -2.04. The van der Waals surface area contributed by atoms with Gasteiger partial charge in [-0.15, -0.1) is 0 Å². The molecule has 7 heteroatoms. The van der Waals surface area contributed by atoms with Crippen molar-refractivity contribution in [1.82, 2.24) is 20.0 Å². The van der Waals surface area contributed by atoms with E-state index in [4.69, 9.17) is 4.52 Å². The molecule has 0 saturated heterocycles. The Kier molecular flexibility index (Phi) is 4.49. The third-order valence-electron chi connectivity index (χ3n) is 2.74. The smallest absolute Gasteiger partial charge is 0.251 e. The number of halogens is 1. The maximum absolute atomic E-state index is 11.6. The lowest BCUT2D eigenvalue weighted by Crippen LogP contribution is -2.24. The van der Waals surface area contributed by atoms with Gasteiger partial charge in [0.15, 0.2) is 5.82 Å². The van der Waals surface area contributed by atoms with Crippen LogP contribution in [0.15, 0.2) is 32.1 Å². The van der Waals surface area contributed by atoms with Gasteiger partial charge in [0.05, 0.1) is 0 Å². The second-order valence-electron chi connectivity index (χ2n) is 4.31. The third kappa shape index (κ3) is 3.74. The molecule has 0 fully saturated rings. The highest BCUT2D eigenvalue weighted by Gasteiger charge is 2.10. The van der Waals surface area contributed by atoms with Crippen molar-refractivity contribution >= 4 is 15.9 Å². The van der Waals surface area contributed by atoms with Gasteiger partial charge < -0.3 is 14.4 Å². The number of nitrogens with zero attached hydrogens (tertiary/aromatic N) is 3. The van der Waals surface area contributed by atoms with Crippen LogP contribution in [0.25, 0.3) is 0 Å². The Morgan fingerprint density at radius 2 is 2.32 bits per heavy atom. The first-order chi connectivity index (χ1) is 9.08. The molecule has 0 radical (unpaired) electrons. The van der Waals surface area contributed by atoms with Crippen LogP contribution >= 0.6 is 15.9 Å². The van der Waals surface area contributed by atoms with Crippen molar-refractivity contribution in [2.24, 2.45) is 0 Å². The zero-order valence-corrected chi connectivity index (χ0v) is 12.3. The zero-order valence-electron chi connectivity index (χ0n) is 10.8. The number of rotatable bonds is 5. The minimum Gasteiger partial charge on any atom is -0.337 e. The second-order valence-corrected chi connectivity index (χ2v) is 5.23. The molecule has 6 nitrogen and oxygen atoms in total. The summed E-state index contributed by atoms with van der Waals surface area (Å²) in [6.45, 7) is 2.31. The van der Waals surface area contributed by atoms with E-state index in [1.54, 1.807) is 12.3 Å². The summed E-state index contributed by atoms with van der Waals surface area (Å²) in [5, 5.41) is 7.01.